The van der Waals surface area contributed by atoms with Gasteiger partial charge >= 0.3 is 6.09 Å². The monoisotopic (exact) mass is 587 g/mol. The fourth-order valence-electron chi connectivity index (χ4n) is 5.80. The molecule has 1 saturated heterocycles. The molecule has 1 aliphatic carbocycles. The highest BCUT2D eigenvalue weighted by Crippen LogP contribution is 2.49. The highest BCUT2D eigenvalue weighted by Gasteiger charge is 2.35. The average molecular weight is 588 g/mol. The minimum atomic E-state index is -0.454. The van der Waals surface area contributed by atoms with Crippen LogP contribution in [-0.2, 0) is 11.3 Å². The third-order valence-electron chi connectivity index (χ3n) is 8.31. The molecule has 0 radical (unpaired) electrons. The standard InChI is InChI=1S/C34H38FN3O5/c1-22-27(26-11-10-25(35)19-29(26)28(22)20-32(39)36-21-23-8-6-5-7-9-23)16-24-17-30(41-3)33(31(18-24)42-4)43-34(40)38-14-12-37(2)13-15-38/h5-11,16-19,22,28H,12-15,20-21H2,1-4H3,(H,36,39). The third-order valence-corrected chi connectivity index (χ3v) is 8.31. The van der Waals surface area contributed by atoms with Gasteiger partial charge in [0.25, 0.3) is 0 Å². The topological polar surface area (TPSA) is 80.3 Å². The maximum atomic E-state index is 14.4. The van der Waals surface area contributed by atoms with Crippen LogP contribution in [0.3, 0.4) is 0 Å². The number of piperazine rings is 1. The number of rotatable bonds is 8. The molecule has 43 heavy (non-hydrogen) atoms. The molecule has 8 nitrogen and oxygen atoms in total. The van der Waals surface area contributed by atoms with Crippen LogP contribution in [0.1, 0.15) is 41.5 Å². The predicted octanol–water partition coefficient (Wildman–Crippen LogP) is 5.57. The molecule has 2 unspecified atom stereocenters. The number of carbonyl (C=O) groups excluding carboxylic acids is 2. The number of nitrogens with one attached hydrogen (secondary N) is 1. The summed E-state index contributed by atoms with van der Waals surface area (Å²) < 4.78 is 31.5. The zero-order valence-electron chi connectivity index (χ0n) is 25.1. The summed E-state index contributed by atoms with van der Waals surface area (Å²) in [5.74, 6) is 0.243. The van der Waals surface area contributed by atoms with E-state index in [9.17, 15) is 14.0 Å². The Bertz CT molecular complexity index is 1480. The number of halogens is 1. The van der Waals surface area contributed by atoms with Crippen LogP contribution in [0.15, 0.2) is 60.7 Å². The van der Waals surface area contributed by atoms with Crippen molar-refractivity contribution >= 4 is 23.6 Å². The van der Waals surface area contributed by atoms with Gasteiger partial charge < -0.3 is 29.3 Å². The molecule has 0 bridgehead atoms. The van der Waals surface area contributed by atoms with Crippen molar-refractivity contribution in [3.05, 3.63) is 88.7 Å². The van der Waals surface area contributed by atoms with Crippen molar-refractivity contribution in [1.82, 2.24) is 15.1 Å². The molecule has 9 heteroatoms. The van der Waals surface area contributed by atoms with E-state index in [0.717, 1.165) is 40.9 Å². The Kier molecular flexibility index (Phi) is 9.31. The maximum Gasteiger partial charge on any atom is 0.415 e. The Balaban J connectivity index is 1.39. The first-order valence-corrected chi connectivity index (χ1v) is 14.5. The van der Waals surface area contributed by atoms with Gasteiger partial charge in [-0.05, 0) is 71.0 Å². The van der Waals surface area contributed by atoms with Crippen LogP contribution in [0.2, 0.25) is 0 Å². The van der Waals surface area contributed by atoms with Gasteiger partial charge in [0.2, 0.25) is 11.7 Å². The summed E-state index contributed by atoms with van der Waals surface area (Å²) in [4.78, 5) is 29.8. The average Bonchev–Trinajstić information content (AvgIpc) is 3.26. The number of benzene rings is 3. The molecule has 2 atom stereocenters. The molecule has 2 amide bonds. The molecule has 0 saturated carbocycles. The molecule has 226 valence electrons. The van der Waals surface area contributed by atoms with Gasteiger partial charge in [-0.15, -0.1) is 0 Å². The summed E-state index contributed by atoms with van der Waals surface area (Å²) in [6.45, 7) is 5.19. The Hall–Kier alpha value is -4.37. The first-order chi connectivity index (χ1) is 20.8. The van der Waals surface area contributed by atoms with Gasteiger partial charge in [0, 0.05) is 39.1 Å². The second-order valence-corrected chi connectivity index (χ2v) is 11.1. The molecule has 1 fully saturated rings. The van der Waals surface area contributed by atoms with Crippen molar-refractivity contribution in [3.8, 4) is 17.2 Å². The minimum absolute atomic E-state index is 0.0639. The minimum Gasteiger partial charge on any atom is -0.493 e. The van der Waals surface area contributed by atoms with Crippen LogP contribution in [0.25, 0.3) is 11.6 Å². The van der Waals surface area contributed by atoms with E-state index >= 15 is 0 Å². The van der Waals surface area contributed by atoms with Gasteiger partial charge in [0.05, 0.1) is 14.2 Å². The number of hydrogen-bond donors (Lipinski definition) is 1. The number of allylic oxidation sites excluding steroid dienone is 1. The molecule has 0 spiro atoms. The van der Waals surface area contributed by atoms with Crippen LogP contribution >= 0.6 is 0 Å². The zero-order valence-corrected chi connectivity index (χ0v) is 25.1. The van der Waals surface area contributed by atoms with Crippen molar-refractivity contribution in [2.75, 3.05) is 47.4 Å². The summed E-state index contributed by atoms with van der Waals surface area (Å²) in [5.41, 5.74) is 4.47. The molecule has 5 rings (SSSR count). The highest BCUT2D eigenvalue weighted by molar-refractivity contribution is 5.90. The van der Waals surface area contributed by atoms with E-state index in [2.05, 4.69) is 17.1 Å². The van der Waals surface area contributed by atoms with E-state index in [1.807, 2.05) is 43.5 Å². The summed E-state index contributed by atoms with van der Waals surface area (Å²) in [6, 6.07) is 18.1. The van der Waals surface area contributed by atoms with E-state index < -0.39 is 6.09 Å². The SMILES string of the molecule is COc1cc(C=C2c3ccc(F)cc3C(CC(=O)NCc3ccccc3)C2C)cc(OC)c1OC(=O)N1CCN(C)CC1. The van der Waals surface area contributed by atoms with Crippen molar-refractivity contribution in [2.24, 2.45) is 5.92 Å². The first kappa shape index (κ1) is 30.1. The predicted molar refractivity (Wildman–Crippen MR) is 164 cm³/mol. The molecular formula is C34H38FN3O5. The zero-order chi connectivity index (χ0) is 30.5. The van der Waals surface area contributed by atoms with Crippen LogP contribution in [-0.4, -0.2) is 69.2 Å². The lowest BCUT2D eigenvalue weighted by Gasteiger charge is -2.31. The highest BCUT2D eigenvalue weighted by atomic mass is 19.1. The van der Waals surface area contributed by atoms with E-state index in [4.69, 9.17) is 14.2 Å². The smallest absolute Gasteiger partial charge is 0.415 e. The lowest BCUT2D eigenvalue weighted by atomic mass is 9.88. The number of fused-ring (bicyclic) bond motifs is 1. The largest absolute Gasteiger partial charge is 0.493 e. The Morgan fingerprint density at radius 3 is 2.30 bits per heavy atom. The molecule has 3 aromatic rings. The van der Waals surface area contributed by atoms with Gasteiger partial charge in [-0.2, -0.15) is 0 Å². The Morgan fingerprint density at radius 2 is 1.65 bits per heavy atom. The van der Waals surface area contributed by atoms with Gasteiger partial charge in [-0.1, -0.05) is 49.4 Å². The van der Waals surface area contributed by atoms with Crippen molar-refractivity contribution in [2.45, 2.75) is 25.8 Å². The van der Waals surface area contributed by atoms with Gasteiger partial charge in [0.1, 0.15) is 5.82 Å². The third kappa shape index (κ3) is 6.83. The van der Waals surface area contributed by atoms with Crippen LogP contribution < -0.4 is 19.5 Å². The van der Waals surface area contributed by atoms with Crippen molar-refractivity contribution < 1.29 is 28.2 Å². The van der Waals surface area contributed by atoms with Crippen LogP contribution in [0.5, 0.6) is 17.2 Å². The normalized spacial score (nSPS) is 19.2. The van der Waals surface area contributed by atoms with E-state index in [1.165, 1.54) is 26.4 Å². The van der Waals surface area contributed by atoms with Gasteiger partial charge in [-0.25, -0.2) is 9.18 Å². The van der Waals surface area contributed by atoms with Gasteiger partial charge in [0.15, 0.2) is 11.5 Å². The Labute approximate surface area is 252 Å². The first-order valence-electron chi connectivity index (χ1n) is 14.5. The number of amides is 2. The van der Waals surface area contributed by atoms with Crippen LogP contribution in [0.4, 0.5) is 9.18 Å². The summed E-state index contributed by atoms with van der Waals surface area (Å²) in [7, 11) is 5.05. The molecule has 1 N–H and O–H groups in total. The van der Waals surface area contributed by atoms with E-state index in [-0.39, 0.29) is 35.7 Å². The molecule has 3 aromatic carbocycles. The number of methoxy groups -OCH3 is 2. The molecule has 2 aliphatic rings. The lowest BCUT2D eigenvalue weighted by Crippen LogP contribution is -2.48. The summed E-state index contributed by atoms with van der Waals surface area (Å²) in [5, 5.41) is 3.00. The number of likely N-dealkylation sites (N-methyl/N-ethyl adjacent to an activating group) is 1. The van der Waals surface area contributed by atoms with E-state index in [1.54, 1.807) is 23.1 Å². The fraction of sp³-hybridized carbons (Fsp3) is 0.353. The number of ether oxygens (including phenoxy) is 3. The second-order valence-electron chi connectivity index (χ2n) is 11.1. The van der Waals surface area contributed by atoms with E-state index in [0.29, 0.717) is 31.1 Å². The molecule has 1 aliphatic heterocycles. The molecular weight excluding hydrogens is 549 g/mol. The summed E-state index contributed by atoms with van der Waals surface area (Å²) in [6.07, 6.45) is 1.78. The Morgan fingerprint density at radius 1 is 0.977 bits per heavy atom. The number of carbonyl (C=O) groups is 2. The van der Waals surface area contributed by atoms with Crippen molar-refractivity contribution in [1.29, 1.82) is 0 Å². The van der Waals surface area contributed by atoms with Gasteiger partial charge in [-0.3, -0.25) is 4.79 Å². The summed E-state index contributed by atoms with van der Waals surface area (Å²) >= 11 is 0. The van der Waals surface area contributed by atoms with Crippen molar-refractivity contribution in [3.63, 3.8) is 0 Å². The fourth-order valence-corrected chi connectivity index (χ4v) is 5.80. The quantitative estimate of drug-likeness (QED) is 0.371. The lowest BCUT2D eigenvalue weighted by molar-refractivity contribution is -0.121. The molecule has 1 heterocycles. The number of hydrogen-bond acceptors (Lipinski definition) is 6. The second kappa shape index (κ2) is 13.3. The molecule has 0 aromatic heterocycles. The van der Waals surface area contributed by atoms with Crippen LogP contribution in [0, 0.1) is 11.7 Å². The number of nitrogens with zero attached hydrogens (tertiary/aromatic N) is 2. The maximum absolute atomic E-state index is 14.4.